The van der Waals surface area contributed by atoms with Crippen LogP contribution in [0.5, 0.6) is 0 Å². The van der Waals surface area contributed by atoms with Crippen LogP contribution >= 0.6 is 15.9 Å². The van der Waals surface area contributed by atoms with Crippen LogP contribution in [0, 0.1) is 27.7 Å². The van der Waals surface area contributed by atoms with Crippen molar-refractivity contribution < 1.29 is 0 Å². The predicted octanol–water partition coefficient (Wildman–Crippen LogP) is 5.07. The Morgan fingerprint density at radius 1 is 1.24 bits per heavy atom. The van der Waals surface area contributed by atoms with Crippen LogP contribution in [0.4, 0.5) is 5.69 Å². The number of aryl methyl sites for hydroxylation is 4. The summed E-state index contributed by atoms with van der Waals surface area (Å²) in [5, 5.41) is 8.26. The van der Waals surface area contributed by atoms with E-state index in [-0.39, 0.29) is 6.04 Å². The third-order valence-electron chi connectivity index (χ3n) is 3.96. The SMILES string of the molecule is CCn1nc(C)c(C(C)Nc2c(C)cc(C)cc2Br)c1C. The molecule has 114 valence electrons. The summed E-state index contributed by atoms with van der Waals surface area (Å²) >= 11 is 3.67. The molecule has 0 saturated heterocycles. The van der Waals surface area contributed by atoms with Gasteiger partial charge in [-0.1, -0.05) is 6.07 Å². The van der Waals surface area contributed by atoms with Gasteiger partial charge in [-0.15, -0.1) is 0 Å². The van der Waals surface area contributed by atoms with Gasteiger partial charge in [0, 0.05) is 22.3 Å². The number of nitrogens with one attached hydrogen (secondary N) is 1. The smallest absolute Gasteiger partial charge is 0.0649 e. The minimum atomic E-state index is 0.225. The zero-order chi connectivity index (χ0) is 15.7. The molecule has 2 aromatic rings. The van der Waals surface area contributed by atoms with Gasteiger partial charge in [-0.2, -0.15) is 5.10 Å². The Balaban J connectivity index is 2.35. The van der Waals surface area contributed by atoms with E-state index in [0.717, 1.165) is 22.4 Å². The number of aromatic nitrogens is 2. The predicted molar refractivity (Wildman–Crippen MR) is 93.0 cm³/mol. The molecule has 1 atom stereocenters. The molecule has 0 amide bonds. The summed E-state index contributed by atoms with van der Waals surface area (Å²) in [5.41, 5.74) is 7.33. The highest BCUT2D eigenvalue weighted by Crippen LogP contribution is 2.32. The number of nitrogens with zero attached hydrogens (tertiary/aromatic N) is 2. The van der Waals surface area contributed by atoms with Gasteiger partial charge in [0.1, 0.15) is 0 Å². The summed E-state index contributed by atoms with van der Waals surface area (Å²) in [7, 11) is 0. The van der Waals surface area contributed by atoms with E-state index >= 15 is 0 Å². The molecule has 0 spiro atoms. The zero-order valence-electron chi connectivity index (χ0n) is 13.7. The summed E-state index contributed by atoms with van der Waals surface area (Å²) in [6.45, 7) is 13.7. The van der Waals surface area contributed by atoms with Gasteiger partial charge in [0.05, 0.1) is 17.4 Å². The van der Waals surface area contributed by atoms with Crippen molar-refractivity contribution in [1.82, 2.24) is 9.78 Å². The van der Waals surface area contributed by atoms with Crippen molar-refractivity contribution in [2.45, 2.75) is 54.1 Å². The fourth-order valence-corrected chi connectivity index (χ4v) is 3.82. The van der Waals surface area contributed by atoms with Gasteiger partial charge in [0.2, 0.25) is 0 Å². The Hall–Kier alpha value is -1.29. The molecule has 0 aliphatic carbocycles. The highest BCUT2D eigenvalue weighted by Gasteiger charge is 2.18. The Kier molecular flexibility index (Phi) is 4.77. The maximum Gasteiger partial charge on any atom is 0.0649 e. The number of hydrogen-bond donors (Lipinski definition) is 1. The maximum absolute atomic E-state index is 4.62. The fraction of sp³-hybridized carbons (Fsp3) is 0.471. The van der Waals surface area contributed by atoms with Gasteiger partial charge >= 0.3 is 0 Å². The van der Waals surface area contributed by atoms with Crippen LogP contribution in [-0.4, -0.2) is 9.78 Å². The Labute approximate surface area is 135 Å². The van der Waals surface area contributed by atoms with Crippen molar-refractivity contribution in [3.63, 3.8) is 0 Å². The van der Waals surface area contributed by atoms with Crippen LogP contribution in [0.25, 0.3) is 0 Å². The van der Waals surface area contributed by atoms with E-state index in [2.05, 4.69) is 84.7 Å². The van der Waals surface area contributed by atoms with E-state index in [1.807, 2.05) is 0 Å². The Bertz CT molecular complexity index is 635. The van der Waals surface area contributed by atoms with Crippen molar-refractivity contribution >= 4 is 21.6 Å². The molecule has 1 unspecified atom stereocenters. The zero-order valence-corrected chi connectivity index (χ0v) is 15.3. The first-order valence-electron chi connectivity index (χ1n) is 7.42. The molecule has 0 bridgehead atoms. The van der Waals surface area contributed by atoms with Crippen LogP contribution in [-0.2, 0) is 6.54 Å². The van der Waals surface area contributed by atoms with Crippen LogP contribution < -0.4 is 5.32 Å². The molecule has 3 nitrogen and oxygen atoms in total. The molecule has 0 aliphatic heterocycles. The van der Waals surface area contributed by atoms with E-state index < -0.39 is 0 Å². The molecular weight excluding hydrogens is 326 g/mol. The maximum atomic E-state index is 4.62. The molecule has 0 fully saturated rings. The molecule has 0 aliphatic rings. The highest BCUT2D eigenvalue weighted by molar-refractivity contribution is 9.10. The Morgan fingerprint density at radius 3 is 2.43 bits per heavy atom. The fourth-order valence-electron chi connectivity index (χ4n) is 3.03. The van der Waals surface area contributed by atoms with E-state index in [1.165, 1.54) is 22.4 Å². The number of benzene rings is 1. The van der Waals surface area contributed by atoms with Gasteiger partial charge < -0.3 is 5.32 Å². The molecule has 4 heteroatoms. The van der Waals surface area contributed by atoms with Crippen LogP contribution in [0.1, 0.15) is 48.0 Å². The number of hydrogen-bond acceptors (Lipinski definition) is 2. The standard InChI is InChI=1S/C17H24BrN3/c1-7-21-14(6)16(13(5)20-21)12(4)19-17-11(3)8-10(2)9-15(17)18/h8-9,12,19H,7H2,1-6H3. The van der Waals surface area contributed by atoms with E-state index in [1.54, 1.807) is 0 Å². The molecule has 1 N–H and O–H groups in total. The third kappa shape index (κ3) is 3.15. The lowest BCUT2D eigenvalue weighted by atomic mass is 10.0. The van der Waals surface area contributed by atoms with Crippen molar-refractivity contribution in [2.75, 3.05) is 5.32 Å². The molecule has 1 heterocycles. The lowest BCUT2D eigenvalue weighted by Crippen LogP contribution is -2.11. The van der Waals surface area contributed by atoms with Gasteiger partial charge in [0.25, 0.3) is 0 Å². The highest BCUT2D eigenvalue weighted by atomic mass is 79.9. The minimum Gasteiger partial charge on any atom is -0.377 e. The minimum absolute atomic E-state index is 0.225. The van der Waals surface area contributed by atoms with Crippen molar-refractivity contribution in [3.05, 3.63) is 44.7 Å². The normalized spacial score (nSPS) is 12.5. The van der Waals surface area contributed by atoms with Crippen molar-refractivity contribution in [2.24, 2.45) is 0 Å². The monoisotopic (exact) mass is 349 g/mol. The quantitative estimate of drug-likeness (QED) is 0.834. The van der Waals surface area contributed by atoms with Gasteiger partial charge in [-0.25, -0.2) is 0 Å². The molecule has 0 radical (unpaired) electrons. The second kappa shape index (κ2) is 6.22. The van der Waals surface area contributed by atoms with Crippen molar-refractivity contribution in [3.8, 4) is 0 Å². The first kappa shape index (κ1) is 16.1. The molecule has 1 aromatic heterocycles. The van der Waals surface area contributed by atoms with Crippen LogP contribution in [0.15, 0.2) is 16.6 Å². The second-order valence-electron chi connectivity index (χ2n) is 5.70. The third-order valence-corrected chi connectivity index (χ3v) is 4.59. The van der Waals surface area contributed by atoms with Gasteiger partial charge in [-0.3, -0.25) is 4.68 Å². The average Bonchev–Trinajstić information content (AvgIpc) is 2.68. The lowest BCUT2D eigenvalue weighted by Gasteiger charge is -2.20. The van der Waals surface area contributed by atoms with E-state index in [4.69, 9.17) is 0 Å². The molecule has 1 aromatic carbocycles. The van der Waals surface area contributed by atoms with Crippen LogP contribution in [0.2, 0.25) is 0 Å². The summed E-state index contributed by atoms with van der Waals surface area (Å²) < 4.78 is 3.19. The van der Waals surface area contributed by atoms with Crippen LogP contribution in [0.3, 0.4) is 0 Å². The molecular formula is C17H24BrN3. The molecule has 2 rings (SSSR count). The first-order chi connectivity index (χ1) is 9.85. The van der Waals surface area contributed by atoms with E-state index in [0.29, 0.717) is 0 Å². The second-order valence-corrected chi connectivity index (χ2v) is 6.56. The average molecular weight is 350 g/mol. The lowest BCUT2D eigenvalue weighted by molar-refractivity contribution is 0.632. The molecule has 0 saturated carbocycles. The van der Waals surface area contributed by atoms with Gasteiger partial charge in [0.15, 0.2) is 0 Å². The topological polar surface area (TPSA) is 29.9 Å². The Morgan fingerprint density at radius 2 is 1.90 bits per heavy atom. The number of halogens is 1. The number of anilines is 1. The first-order valence-corrected chi connectivity index (χ1v) is 8.21. The largest absolute Gasteiger partial charge is 0.377 e. The summed E-state index contributed by atoms with van der Waals surface area (Å²) in [6, 6.07) is 4.58. The van der Waals surface area contributed by atoms with E-state index in [9.17, 15) is 0 Å². The van der Waals surface area contributed by atoms with Gasteiger partial charge in [-0.05, 0) is 74.7 Å². The summed E-state index contributed by atoms with van der Waals surface area (Å²) in [5.74, 6) is 0. The summed E-state index contributed by atoms with van der Waals surface area (Å²) in [6.07, 6.45) is 0. The molecule has 21 heavy (non-hydrogen) atoms. The summed E-state index contributed by atoms with van der Waals surface area (Å²) in [4.78, 5) is 0. The van der Waals surface area contributed by atoms with Crippen molar-refractivity contribution in [1.29, 1.82) is 0 Å². The number of rotatable bonds is 4.